The molecular weight excluding hydrogens is 425 g/mol. The van der Waals surface area contributed by atoms with Crippen LogP contribution in [-0.2, 0) is 12.6 Å². The molecule has 0 fully saturated rings. The van der Waals surface area contributed by atoms with Crippen LogP contribution in [-0.4, -0.2) is 51.4 Å². The van der Waals surface area contributed by atoms with E-state index in [-0.39, 0.29) is 18.4 Å². The smallest absolute Gasteiger partial charge is 0.350 e. The Bertz CT molecular complexity index is 1120. The van der Waals surface area contributed by atoms with Crippen LogP contribution in [0.3, 0.4) is 0 Å². The lowest BCUT2D eigenvalue weighted by Crippen LogP contribution is -2.35. The molecule has 1 atom stereocenters. The molecule has 11 heteroatoms. The first-order valence-electron chi connectivity index (χ1n) is 9.86. The van der Waals surface area contributed by atoms with E-state index in [1.807, 2.05) is 50.2 Å². The monoisotopic (exact) mass is 448 g/mol. The average Bonchev–Trinajstić information content (AvgIpc) is 3.20. The molecule has 0 radical (unpaired) electrons. The molecule has 0 aliphatic carbocycles. The third kappa shape index (κ3) is 5.05. The molecule has 8 nitrogen and oxygen atoms in total. The van der Waals surface area contributed by atoms with E-state index in [4.69, 9.17) is 0 Å². The number of H-pyrrole nitrogens is 1. The van der Waals surface area contributed by atoms with Crippen molar-refractivity contribution in [3.05, 3.63) is 75.3 Å². The Labute approximate surface area is 182 Å². The zero-order chi connectivity index (χ0) is 23.5. The summed E-state index contributed by atoms with van der Waals surface area (Å²) in [7, 11) is 3.65. The minimum absolute atomic E-state index is 0.0939. The van der Waals surface area contributed by atoms with Gasteiger partial charge in [0, 0.05) is 12.6 Å². The molecule has 0 aliphatic heterocycles. The summed E-state index contributed by atoms with van der Waals surface area (Å²) in [5.74, 6) is -1.18. The van der Waals surface area contributed by atoms with Gasteiger partial charge in [0.25, 0.3) is 11.5 Å². The van der Waals surface area contributed by atoms with Crippen molar-refractivity contribution in [2.75, 3.05) is 20.6 Å². The first kappa shape index (κ1) is 23.2. The van der Waals surface area contributed by atoms with Crippen LogP contribution in [0.5, 0.6) is 0 Å². The Morgan fingerprint density at radius 1 is 1.19 bits per heavy atom. The molecule has 2 N–H and O–H groups in total. The van der Waals surface area contributed by atoms with E-state index >= 15 is 0 Å². The van der Waals surface area contributed by atoms with E-state index in [2.05, 4.69) is 20.6 Å². The molecule has 0 spiro atoms. The molecule has 170 valence electrons. The fourth-order valence-corrected chi connectivity index (χ4v) is 3.27. The Kier molecular flexibility index (Phi) is 6.78. The number of aryl methyl sites for hydroxylation is 1. The topological polar surface area (TPSA) is 95.9 Å². The molecule has 0 bridgehead atoms. The second-order valence-electron chi connectivity index (χ2n) is 7.38. The average molecular weight is 448 g/mol. The normalized spacial score (nSPS) is 12.7. The van der Waals surface area contributed by atoms with Gasteiger partial charge < -0.3 is 10.2 Å². The summed E-state index contributed by atoms with van der Waals surface area (Å²) in [6, 6.07) is 9.72. The Morgan fingerprint density at radius 2 is 1.88 bits per heavy atom. The summed E-state index contributed by atoms with van der Waals surface area (Å²) < 4.78 is 41.8. The van der Waals surface area contributed by atoms with Crippen LogP contribution in [0.15, 0.2) is 47.4 Å². The Hall–Kier alpha value is -3.47. The number of nitrogens with zero attached hydrogens (tertiary/aromatic N) is 4. The van der Waals surface area contributed by atoms with Gasteiger partial charge in [0.05, 0.1) is 17.8 Å². The highest BCUT2D eigenvalue weighted by molar-refractivity contribution is 5.95. The summed E-state index contributed by atoms with van der Waals surface area (Å²) in [6.07, 6.45) is -3.15. The van der Waals surface area contributed by atoms with Crippen molar-refractivity contribution in [3.8, 4) is 5.82 Å². The van der Waals surface area contributed by atoms with Crippen LogP contribution in [0, 0.1) is 0 Å². The summed E-state index contributed by atoms with van der Waals surface area (Å²) in [5, 5.41) is 11.9. The number of alkyl halides is 3. The SMILES string of the molecule is CCc1ccc(C(CNC(=O)c2cnn(-c3ccc(=O)[nH]n3)c2C(F)(F)F)N(C)C)cc1. The van der Waals surface area contributed by atoms with Gasteiger partial charge in [-0.3, -0.25) is 9.59 Å². The third-order valence-electron chi connectivity index (χ3n) is 5.02. The number of hydrogen-bond acceptors (Lipinski definition) is 5. The second-order valence-corrected chi connectivity index (χ2v) is 7.38. The first-order valence-corrected chi connectivity index (χ1v) is 9.86. The zero-order valence-corrected chi connectivity index (χ0v) is 17.8. The molecule has 32 heavy (non-hydrogen) atoms. The van der Waals surface area contributed by atoms with Crippen molar-refractivity contribution in [3.63, 3.8) is 0 Å². The first-order chi connectivity index (χ1) is 15.1. The molecule has 0 aliphatic rings. The molecule has 1 aromatic carbocycles. The maximum absolute atomic E-state index is 13.8. The van der Waals surface area contributed by atoms with Gasteiger partial charge in [-0.25, -0.2) is 9.78 Å². The molecule has 0 saturated carbocycles. The van der Waals surface area contributed by atoms with Crippen molar-refractivity contribution in [1.82, 2.24) is 30.2 Å². The number of aromatic nitrogens is 4. The molecule has 2 heterocycles. The molecular formula is C21H23F3N6O2. The largest absolute Gasteiger partial charge is 0.434 e. The van der Waals surface area contributed by atoms with Gasteiger partial charge >= 0.3 is 6.18 Å². The van der Waals surface area contributed by atoms with Crippen LogP contribution in [0.25, 0.3) is 5.82 Å². The molecule has 1 amide bonds. The van der Waals surface area contributed by atoms with Gasteiger partial charge in [-0.15, -0.1) is 0 Å². The van der Waals surface area contributed by atoms with Crippen LogP contribution >= 0.6 is 0 Å². The van der Waals surface area contributed by atoms with Crippen molar-refractivity contribution in [2.45, 2.75) is 25.6 Å². The fourth-order valence-electron chi connectivity index (χ4n) is 3.27. The number of halogens is 3. The lowest BCUT2D eigenvalue weighted by atomic mass is 10.0. The van der Waals surface area contributed by atoms with Crippen molar-refractivity contribution in [2.24, 2.45) is 0 Å². The number of hydrogen-bond donors (Lipinski definition) is 2. The van der Waals surface area contributed by atoms with Crippen molar-refractivity contribution < 1.29 is 18.0 Å². The highest BCUT2D eigenvalue weighted by atomic mass is 19.4. The maximum atomic E-state index is 13.8. The quantitative estimate of drug-likeness (QED) is 0.579. The van der Waals surface area contributed by atoms with Gasteiger partial charge in [-0.1, -0.05) is 31.2 Å². The highest BCUT2D eigenvalue weighted by Crippen LogP contribution is 2.33. The fraction of sp³-hybridized carbons (Fsp3) is 0.333. The molecule has 1 unspecified atom stereocenters. The van der Waals surface area contributed by atoms with Crippen LogP contribution in [0.1, 0.15) is 40.1 Å². The van der Waals surface area contributed by atoms with Crippen LogP contribution in [0.4, 0.5) is 13.2 Å². The molecule has 0 saturated heterocycles. The Balaban J connectivity index is 1.86. The number of rotatable bonds is 7. The number of likely N-dealkylation sites (N-methyl/N-ethyl adjacent to an activating group) is 1. The van der Waals surface area contributed by atoms with E-state index in [0.29, 0.717) is 4.68 Å². The van der Waals surface area contributed by atoms with Gasteiger partial charge in [0.15, 0.2) is 11.5 Å². The van der Waals surface area contributed by atoms with E-state index in [0.717, 1.165) is 35.9 Å². The number of aromatic amines is 1. The summed E-state index contributed by atoms with van der Waals surface area (Å²) in [5.41, 5.74) is -0.396. The predicted octanol–water partition coefficient (Wildman–Crippen LogP) is 2.57. The lowest BCUT2D eigenvalue weighted by molar-refractivity contribution is -0.143. The van der Waals surface area contributed by atoms with Gasteiger partial charge in [-0.2, -0.15) is 23.4 Å². The number of nitrogens with one attached hydrogen (secondary N) is 2. The summed E-state index contributed by atoms with van der Waals surface area (Å²) in [4.78, 5) is 25.8. The molecule has 3 rings (SSSR count). The third-order valence-corrected chi connectivity index (χ3v) is 5.02. The minimum Gasteiger partial charge on any atom is -0.350 e. The highest BCUT2D eigenvalue weighted by Gasteiger charge is 2.41. The number of amides is 1. The predicted molar refractivity (Wildman–Crippen MR) is 112 cm³/mol. The van der Waals surface area contributed by atoms with E-state index in [1.54, 1.807) is 0 Å². The molecule has 3 aromatic rings. The van der Waals surface area contributed by atoms with Crippen LogP contribution < -0.4 is 10.9 Å². The number of carbonyl (C=O) groups excluding carboxylic acids is 1. The standard InChI is InChI=1S/C21H23F3N6O2/c1-4-13-5-7-14(8-6-13)16(29(2)3)12-25-20(32)15-11-26-30(19(15)21(22,23)24)17-9-10-18(31)28-27-17/h5-11,16H,4,12H2,1-3H3,(H,25,32)(H,28,31). The van der Waals surface area contributed by atoms with E-state index < -0.39 is 28.9 Å². The van der Waals surface area contributed by atoms with E-state index in [1.165, 1.54) is 0 Å². The lowest BCUT2D eigenvalue weighted by Gasteiger charge is -2.25. The van der Waals surface area contributed by atoms with Crippen LogP contribution in [0.2, 0.25) is 0 Å². The second kappa shape index (κ2) is 9.35. The molecule has 2 aromatic heterocycles. The Morgan fingerprint density at radius 3 is 2.41 bits per heavy atom. The summed E-state index contributed by atoms with van der Waals surface area (Å²) in [6.45, 7) is 2.14. The van der Waals surface area contributed by atoms with Gasteiger partial charge in [0.2, 0.25) is 0 Å². The van der Waals surface area contributed by atoms with Crippen molar-refractivity contribution >= 4 is 5.91 Å². The number of benzene rings is 1. The van der Waals surface area contributed by atoms with Crippen molar-refractivity contribution in [1.29, 1.82) is 0 Å². The van der Waals surface area contributed by atoms with Gasteiger partial charge in [0.1, 0.15) is 0 Å². The zero-order valence-electron chi connectivity index (χ0n) is 17.8. The minimum atomic E-state index is -4.88. The maximum Gasteiger partial charge on any atom is 0.434 e. The summed E-state index contributed by atoms with van der Waals surface area (Å²) >= 11 is 0. The number of carbonyl (C=O) groups is 1. The van der Waals surface area contributed by atoms with E-state index in [9.17, 15) is 22.8 Å². The van der Waals surface area contributed by atoms with Gasteiger partial charge in [-0.05, 0) is 37.7 Å².